The van der Waals surface area contributed by atoms with Gasteiger partial charge in [0.15, 0.2) is 0 Å². The van der Waals surface area contributed by atoms with Crippen LogP contribution >= 0.6 is 0 Å². The minimum Gasteiger partial charge on any atom is -0.301 e. The standard InChI is InChI=1S/C17H25N/c1-3-18(2)17-12-9-16(10-13-17,11-14-17)15-7-5-4-6-8-15/h4-8H,3,9-14H2,1-2H3. The normalized spacial score (nSPS) is 35.1. The Balaban J connectivity index is 1.83. The fourth-order valence-electron chi connectivity index (χ4n) is 4.30. The minimum atomic E-state index is 0.511. The van der Waals surface area contributed by atoms with E-state index in [9.17, 15) is 0 Å². The van der Waals surface area contributed by atoms with Crippen LogP contribution in [0.15, 0.2) is 30.3 Å². The zero-order chi connectivity index (χ0) is 12.6. The summed E-state index contributed by atoms with van der Waals surface area (Å²) >= 11 is 0. The third-order valence-corrected chi connectivity index (χ3v) is 5.88. The Morgan fingerprint density at radius 1 is 0.944 bits per heavy atom. The van der Waals surface area contributed by atoms with E-state index in [1.54, 1.807) is 5.56 Å². The summed E-state index contributed by atoms with van der Waals surface area (Å²) in [4.78, 5) is 2.61. The molecule has 0 saturated heterocycles. The topological polar surface area (TPSA) is 3.24 Å². The zero-order valence-electron chi connectivity index (χ0n) is 11.8. The molecule has 0 spiro atoms. The Bertz CT molecular complexity index is 384. The van der Waals surface area contributed by atoms with Gasteiger partial charge in [0.1, 0.15) is 0 Å². The second kappa shape index (κ2) is 4.38. The Kier molecular flexibility index (Phi) is 2.97. The molecule has 18 heavy (non-hydrogen) atoms. The van der Waals surface area contributed by atoms with Crippen LogP contribution in [0, 0.1) is 0 Å². The molecule has 4 rings (SSSR count). The summed E-state index contributed by atoms with van der Waals surface area (Å²) in [5, 5.41) is 0. The third kappa shape index (κ3) is 1.72. The van der Waals surface area contributed by atoms with Crippen LogP contribution in [0.25, 0.3) is 0 Å². The number of hydrogen-bond acceptors (Lipinski definition) is 1. The maximum Gasteiger partial charge on any atom is 0.0207 e. The molecule has 3 saturated carbocycles. The lowest BCUT2D eigenvalue weighted by atomic mass is 9.54. The van der Waals surface area contributed by atoms with Gasteiger partial charge in [0.05, 0.1) is 0 Å². The molecule has 0 aromatic heterocycles. The summed E-state index contributed by atoms with van der Waals surface area (Å²) in [6.07, 6.45) is 8.36. The van der Waals surface area contributed by atoms with Gasteiger partial charge in [-0.3, -0.25) is 0 Å². The van der Waals surface area contributed by atoms with Crippen molar-refractivity contribution in [3.8, 4) is 0 Å². The van der Waals surface area contributed by atoms with E-state index in [2.05, 4.69) is 49.2 Å². The van der Waals surface area contributed by atoms with E-state index in [-0.39, 0.29) is 0 Å². The quantitative estimate of drug-likeness (QED) is 0.776. The summed E-state index contributed by atoms with van der Waals surface area (Å²) in [5.41, 5.74) is 2.64. The highest BCUT2D eigenvalue weighted by atomic mass is 15.2. The van der Waals surface area contributed by atoms with Crippen molar-refractivity contribution in [2.75, 3.05) is 13.6 Å². The molecule has 3 aliphatic carbocycles. The molecule has 0 amide bonds. The van der Waals surface area contributed by atoms with Crippen LogP contribution in [0.4, 0.5) is 0 Å². The highest BCUT2D eigenvalue weighted by Crippen LogP contribution is 2.55. The van der Waals surface area contributed by atoms with E-state index in [1.165, 1.54) is 45.1 Å². The summed E-state index contributed by atoms with van der Waals surface area (Å²) in [5.74, 6) is 0. The van der Waals surface area contributed by atoms with Gasteiger partial charge in [-0.15, -0.1) is 0 Å². The van der Waals surface area contributed by atoms with E-state index in [4.69, 9.17) is 0 Å². The van der Waals surface area contributed by atoms with Gasteiger partial charge in [0.25, 0.3) is 0 Å². The Morgan fingerprint density at radius 3 is 2.00 bits per heavy atom. The fourth-order valence-corrected chi connectivity index (χ4v) is 4.30. The van der Waals surface area contributed by atoms with Crippen molar-refractivity contribution in [1.29, 1.82) is 0 Å². The van der Waals surface area contributed by atoms with Crippen LogP contribution < -0.4 is 0 Å². The lowest BCUT2D eigenvalue weighted by Gasteiger charge is -2.57. The number of fused-ring (bicyclic) bond motifs is 3. The molecule has 1 aromatic rings. The maximum absolute atomic E-state index is 2.61. The van der Waals surface area contributed by atoms with Crippen molar-refractivity contribution in [2.24, 2.45) is 0 Å². The predicted molar refractivity (Wildman–Crippen MR) is 76.9 cm³/mol. The van der Waals surface area contributed by atoms with Gasteiger partial charge in [-0.05, 0) is 63.1 Å². The van der Waals surface area contributed by atoms with Crippen LogP contribution in [0.5, 0.6) is 0 Å². The van der Waals surface area contributed by atoms with Crippen molar-refractivity contribution in [3.63, 3.8) is 0 Å². The van der Waals surface area contributed by atoms with E-state index >= 15 is 0 Å². The molecule has 1 aromatic carbocycles. The number of nitrogens with zero attached hydrogens (tertiary/aromatic N) is 1. The average molecular weight is 243 g/mol. The second-order valence-corrected chi connectivity index (χ2v) is 6.38. The van der Waals surface area contributed by atoms with Crippen molar-refractivity contribution < 1.29 is 0 Å². The smallest absolute Gasteiger partial charge is 0.0207 e. The molecule has 0 unspecified atom stereocenters. The monoisotopic (exact) mass is 243 g/mol. The first-order chi connectivity index (χ1) is 8.71. The van der Waals surface area contributed by atoms with Gasteiger partial charge in [-0.25, -0.2) is 0 Å². The fraction of sp³-hybridized carbons (Fsp3) is 0.647. The average Bonchev–Trinajstić information content (AvgIpc) is 2.49. The summed E-state index contributed by atoms with van der Waals surface area (Å²) < 4.78 is 0. The summed E-state index contributed by atoms with van der Waals surface area (Å²) in [6, 6.07) is 11.3. The van der Waals surface area contributed by atoms with Crippen LogP contribution in [0.3, 0.4) is 0 Å². The van der Waals surface area contributed by atoms with Crippen LogP contribution in [0.1, 0.15) is 51.0 Å². The van der Waals surface area contributed by atoms with Crippen LogP contribution in [-0.2, 0) is 5.41 Å². The first-order valence-electron chi connectivity index (χ1n) is 7.48. The Labute approximate surface area is 111 Å². The highest BCUT2D eigenvalue weighted by molar-refractivity contribution is 5.29. The first-order valence-corrected chi connectivity index (χ1v) is 7.48. The molecule has 3 aliphatic rings. The van der Waals surface area contributed by atoms with Gasteiger partial charge < -0.3 is 4.90 Å². The molecule has 1 nitrogen and oxygen atoms in total. The van der Waals surface area contributed by atoms with Gasteiger partial charge >= 0.3 is 0 Å². The summed E-state index contributed by atoms with van der Waals surface area (Å²) in [7, 11) is 2.32. The Morgan fingerprint density at radius 2 is 1.50 bits per heavy atom. The molecule has 0 N–H and O–H groups in total. The molecule has 0 radical (unpaired) electrons. The van der Waals surface area contributed by atoms with E-state index < -0.39 is 0 Å². The highest BCUT2D eigenvalue weighted by Gasteiger charge is 2.50. The largest absolute Gasteiger partial charge is 0.301 e. The zero-order valence-corrected chi connectivity index (χ0v) is 11.8. The third-order valence-electron chi connectivity index (χ3n) is 5.88. The van der Waals surface area contributed by atoms with Crippen LogP contribution in [0.2, 0.25) is 0 Å². The van der Waals surface area contributed by atoms with Crippen molar-refractivity contribution >= 4 is 0 Å². The SMILES string of the molecule is CCN(C)C12CCC(c3ccccc3)(CC1)CC2. The van der Waals surface area contributed by atoms with Crippen molar-refractivity contribution in [2.45, 2.75) is 56.4 Å². The maximum atomic E-state index is 2.61. The first kappa shape index (κ1) is 12.2. The van der Waals surface area contributed by atoms with E-state index in [0.717, 1.165) is 0 Å². The second-order valence-electron chi connectivity index (χ2n) is 6.38. The lowest BCUT2D eigenvalue weighted by Crippen LogP contribution is -2.56. The minimum absolute atomic E-state index is 0.511. The van der Waals surface area contributed by atoms with Gasteiger partial charge in [-0.1, -0.05) is 37.3 Å². The number of benzene rings is 1. The number of rotatable bonds is 3. The molecule has 0 heterocycles. The van der Waals surface area contributed by atoms with Gasteiger partial charge in [0, 0.05) is 5.54 Å². The van der Waals surface area contributed by atoms with Crippen molar-refractivity contribution in [3.05, 3.63) is 35.9 Å². The Hall–Kier alpha value is -0.820. The molecule has 2 bridgehead atoms. The molecular weight excluding hydrogens is 218 g/mol. The van der Waals surface area contributed by atoms with Crippen LogP contribution in [-0.4, -0.2) is 24.0 Å². The number of hydrogen-bond donors (Lipinski definition) is 0. The molecule has 0 atom stereocenters. The molecule has 0 aliphatic heterocycles. The van der Waals surface area contributed by atoms with Crippen molar-refractivity contribution in [1.82, 2.24) is 4.90 Å². The molecule has 3 fully saturated rings. The molecule has 98 valence electrons. The molecule has 1 heteroatoms. The van der Waals surface area contributed by atoms with Gasteiger partial charge in [0.2, 0.25) is 0 Å². The lowest BCUT2D eigenvalue weighted by molar-refractivity contribution is -0.00727. The summed E-state index contributed by atoms with van der Waals surface area (Å²) in [6.45, 7) is 3.49. The molecular formula is C17H25N. The predicted octanol–water partition coefficient (Wildman–Crippen LogP) is 3.98. The van der Waals surface area contributed by atoms with Gasteiger partial charge in [-0.2, -0.15) is 0 Å². The van der Waals surface area contributed by atoms with E-state index in [1.807, 2.05) is 0 Å². The van der Waals surface area contributed by atoms with E-state index in [0.29, 0.717) is 11.0 Å².